The van der Waals surface area contributed by atoms with Gasteiger partial charge in [0.1, 0.15) is 0 Å². The van der Waals surface area contributed by atoms with Gasteiger partial charge in [-0.3, -0.25) is 33.4 Å². The third-order valence-electron chi connectivity index (χ3n) is 4.77. The fourth-order valence-electron chi connectivity index (χ4n) is 3.27. The van der Waals surface area contributed by atoms with Crippen molar-refractivity contribution < 1.29 is 42.0 Å². The van der Waals surface area contributed by atoms with E-state index < -0.39 is 28.1 Å². The Labute approximate surface area is 160 Å². The van der Waals surface area contributed by atoms with E-state index in [0.29, 0.717) is 19.4 Å². The molecule has 0 aromatic heterocycles. The normalized spacial score (nSPS) is 25.2. The van der Waals surface area contributed by atoms with Gasteiger partial charge in [0.2, 0.25) is 11.8 Å². The van der Waals surface area contributed by atoms with E-state index in [9.17, 15) is 32.4 Å². The number of aliphatic carboxylic acids is 1. The number of amides is 4. The predicted molar refractivity (Wildman–Crippen MR) is 91.6 cm³/mol. The molecule has 0 bridgehead atoms. The highest BCUT2D eigenvalue weighted by Crippen LogP contribution is 2.30. The molecule has 2 heterocycles. The molecule has 2 fully saturated rings. The van der Waals surface area contributed by atoms with Gasteiger partial charge in [0.05, 0.1) is 5.92 Å². The van der Waals surface area contributed by atoms with Crippen molar-refractivity contribution in [3.8, 4) is 0 Å². The van der Waals surface area contributed by atoms with E-state index in [1.807, 2.05) is 0 Å². The minimum absolute atomic E-state index is 0.118. The molecular weight excluding hydrogens is 396 g/mol. The van der Waals surface area contributed by atoms with Gasteiger partial charge in [0.25, 0.3) is 11.8 Å². The Hall–Kier alpha value is -2.60. The molecule has 12 heteroatoms. The molecule has 0 unspecified atom stereocenters. The van der Waals surface area contributed by atoms with Crippen LogP contribution in [0, 0.1) is 11.8 Å². The lowest BCUT2D eigenvalue weighted by Gasteiger charge is -2.28. The summed E-state index contributed by atoms with van der Waals surface area (Å²) in [5, 5.41) is 8.86. The molecule has 0 radical (unpaired) electrons. The summed E-state index contributed by atoms with van der Waals surface area (Å²) >= 11 is 0. The number of carboxylic acids is 1. The minimum atomic E-state index is -4.67. The van der Waals surface area contributed by atoms with Crippen molar-refractivity contribution in [3.63, 3.8) is 0 Å². The lowest BCUT2D eigenvalue weighted by Crippen LogP contribution is -2.36. The maximum atomic E-state index is 11.4. The first-order valence-electron chi connectivity index (χ1n) is 8.60. The zero-order valence-corrected chi connectivity index (χ0v) is 15.6. The second kappa shape index (κ2) is 8.61. The van der Waals surface area contributed by atoms with E-state index in [0.717, 1.165) is 12.8 Å². The second-order valence-electron chi connectivity index (χ2n) is 6.71. The summed E-state index contributed by atoms with van der Waals surface area (Å²) in [6, 6.07) is 0. The van der Waals surface area contributed by atoms with Crippen LogP contribution in [0.1, 0.15) is 38.5 Å². The Kier molecular flexibility index (Phi) is 6.67. The Morgan fingerprint density at radius 2 is 1.43 bits per heavy atom. The number of hydrogen-bond donors (Lipinski definition) is 2. The van der Waals surface area contributed by atoms with E-state index in [4.69, 9.17) is 9.66 Å². The van der Waals surface area contributed by atoms with Crippen molar-refractivity contribution >= 4 is 39.9 Å². The van der Waals surface area contributed by atoms with Crippen molar-refractivity contribution in [3.05, 3.63) is 12.2 Å². The maximum Gasteiger partial charge on any atom is 0.368 e. The Morgan fingerprint density at radius 3 is 1.79 bits per heavy atom. The van der Waals surface area contributed by atoms with Crippen LogP contribution < -0.4 is 0 Å². The molecule has 0 spiro atoms. The zero-order valence-electron chi connectivity index (χ0n) is 14.8. The molecule has 3 rings (SSSR count). The molecule has 0 atom stereocenters. The summed E-state index contributed by atoms with van der Waals surface area (Å²) < 4.78 is 28.8. The molecule has 28 heavy (non-hydrogen) atoms. The van der Waals surface area contributed by atoms with Crippen LogP contribution in [0.25, 0.3) is 0 Å². The largest absolute Gasteiger partial charge is 0.481 e. The molecule has 154 valence electrons. The smallest absolute Gasteiger partial charge is 0.368 e. The lowest BCUT2D eigenvalue weighted by atomic mass is 9.82. The molecule has 0 aromatic rings. The minimum Gasteiger partial charge on any atom is -0.481 e. The number of imide groups is 2. The van der Waals surface area contributed by atoms with Crippen LogP contribution in [-0.2, 0) is 34.3 Å². The SMILES string of the molecule is O=C(O)C1CCC(CN2C(=O)C=CC2=O)CC1.O=C1CCC(=O)N1S(=O)(=O)O. The van der Waals surface area contributed by atoms with Gasteiger partial charge in [0.15, 0.2) is 0 Å². The third-order valence-corrected chi connectivity index (χ3v) is 5.64. The Bertz CT molecular complexity index is 791. The molecule has 1 saturated carbocycles. The van der Waals surface area contributed by atoms with Crippen LogP contribution in [0.2, 0.25) is 0 Å². The number of carboxylic acid groups (broad SMARTS) is 1. The lowest BCUT2D eigenvalue weighted by molar-refractivity contribution is -0.144. The summed E-state index contributed by atoms with van der Waals surface area (Å²) in [6.45, 7) is 0.428. The number of rotatable bonds is 4. The Morgan fingerprint density at radius 1 is 0.964 bits per heavy atom. The first-order valence-corrected chi connectivity index (χ1v) is 10.00. The van der Waals surface area contributed by atoms with Gasteiger partial charge in [-0.2, -0.15) is 12.7 Å². The fraction of sp³-hybridized carbons (Fsp3) is 0.562. The van der Waals surface area contributed by atoms with Crippen molar-refractivity contribution in [1.29, 1.82) is 0 Å². The summed E-state index contributed by atoms with van der Waals surface area (Å²) in [5.41, 5.74) is 0. The predicted octanol–water partition coefficient (Wildman–Crippen LogP) is -0.259. The van der Waals surface area contributed by atoms with Crippen LogP contribution in [-0.4, -0.2) is 63.4 Å². The Balaban J connectivity index is 0.000000221. The van der Waals surface area contributed by atoms with E-state index in [-0.39, 0.29) is 40.8 Å². The molecule has 2 N–H and O–H groups in total. The van der Waals surface area contributed by atoms with E-state index in [1.54, 1.807) is 0 Å². The van der Waals surface area contributed by atoms with Crippen molar-refractivity contribution in [1.82, 2.24) is 9.21 Å². The van der Waals surface area contributed by atoms with Crippen LogP contribution >= 0.6 is 0 Å². The van der Waals surface area contributed by atoms with Crippen LogP contribution in [0.4, 0.5) is 0 Å². The van der Waals surface area contributed by atoms with Gasteiger partial charge in [0, 0.05) is 31.5 Å². The summed E-state index contributed by atoms with van der Waals surface area (Å²) in [5.74, 6) is -3.01. The molecule has 0 aromatic carbocycles. The van der Waals surface area contributed by atoms with Crippen molar-refractivity contribution in [2.24, 2.45) is 11.8 Å². The van der Waals surface area contributed by atoms with Crippen molar-refractivity contribution in [2.75, 3.05) is 6.54 Å². The van der Waals surface area contributed by atoms with Gasteiger partial charge >= 0.3 is 16.3 Å². The van der Waals surface area contributed by atoms with Crippen LogP contribution in [0.3, 0.4) is 0 Å². The van der Waals surface area contributed by atoms with Gasteiger partial charge in [-0.05, 0) is 31.6 Å². The molecule has 2 aliphatic heterocycles. The standard InChI is InChI=1S/C12H15NO4.C4H5NO5S/c14-10-5-6-11(15)13(10)7-8-1-3-9(4-2-8)12(16)17;6-3-1-2-4(7)5(3)11(8,9)10/h5-6,8-9H,1-4,7H2,(H,16,17);1-2H2,(H,8,9,10). The van der Waals surface area contributed by atoms with Crippen molar-refractivity contribution in [2.45, 2.75) is 38.5 Å². The highest BCUT2D eigenvalue weighted by atomic mass is 32.2. The third kappa shape index (κ3) is 5.23. The van der Waals surface area contributed by atoms with Gasteiger partial charge < -0.3 is 5.11 Å². The number of carbonyl (C=O) groups excluding carboxylic acids is 4. The number of carbonyl (C=O) groups is 5. The fourth-order valence-corrected chi connectivity index (χ4v) is 3.97. The second-order valence-corrected chi connectivity index (χ2v) is 7.97. The number of hydrogen-bond acceptors (Lipinski definition) is 7. The summed E-state index contributed by atoms with van der Waals surface area (Å²) in [4.78, 5) is 55.9. The first-order chi connectivity index (χ1) is 13.0. The zero-order chi connectivity index (χ0) is 21.1. The van der Waals surface area contributed by atoms with E-state index in [2.05, 4.69) is 0 Å². The summed E-state index contributed by atoms with van der Waals surface area (Å²) in [6.07, 6.45) is 5.09. The van der Waals surface area contributed by atoms with Gasteiger partial charge in [-0.25, -0.2) is 0 Å². The molecule has 1 aliphatic carbocycles. The molecule has 4 amide bonds. The van der Waals surface area contributed by atoms with Crippen LogP contribution in [0.5, 0.6) is 0 Å². The van der Waals surface area contributed by atoms with Gasteiger partial charge in [-0.1, -0.05) is 0 Å². The highest BCUT2D eigenvalue weighted by Gasteiger charge is 2.37. The number of nitrogens with zero attached hydrogens (tertiary/aromatic N) is 2. The van der Waals surface area contributed by atoms with Crippen LogP contribution in [0.15, 0.2) is 12.2 Å². The highest BCUT2D eigenvalue weighted by molar-refractivity contribution is 7.84. The topological polar surface area (TPSA) is 166 Å². The molecule has 11 nitrogen and oxygen atoms in total. The quantitative estimate of drug-likeness (QED) is 0.463. The molecule has 1 saturated heterocycles. The van der Waals surface area contributed by atoms with Gasteiger partial charge in [-0.15, -0.1) is 0 Å². The first kappa shape index (κ1) is 21.7. The summed E-state index contributed by atoms with van der Waals surface area (Å²) in [7, 11) is -4.67. The van der Waals surface area contributed by atoms with E-state index >= 15 is 0 Å². The maximum absolute atomic E-state index is 11.4. The molecule has 3 aliphatic rings. The average molecular weight is 416 g/mol. The van der Waals surface area contributed by atoms with E-state index in [1.165, 1.54) is 17.1 Å². The average Bonchev–Trinajstić information content (AvgIpc) is 3.11. The molecular formula is C16H20N2O9S. The monoisotopic (exact) mass is 416 g/mol.